The number of hydrogen-bond acceptors (Lipinski definition) is 2. The van der Waals surface area contributed by atoms with Crippen molar-refractivity contribution in [3.05, 3.63) is 59.7 Å². The van der Waals surface area contributed by atoms with Gasteiger partial charge < -0.3 is 9.84 Å². The van der Waals surface area contributed by atoms with Crippen LogP contribution in [0, 0.1) is 0 Å². The predicted octanol–water partition coefficient (Wildman–Crippen LogP) is 5.15. The molecule has 3 nitrogen and oxygen atoms in total. The Labute approximate surface area is 146 Å². The standard InChI is InChI=1S/C15H14O3.C3H8.W/c1-2-11-10-13(8-9-14(11)15(16)17)18-12-6-4-3-5-7-12;1-3-2;/h3-10H,2H2,1H3,(H,16,17);3H2,1-2H3;. The number of ether oxygens (including phenoxy) is 1. The molecule has 0 bridgehead atoms. The van der Waals surface area contributed by atoms with E-state index in [4.69, 9.17) is 9.84 Å². The fraction of sp³-hybridized carbons (Fsp3) is 0.278. The van der Waals surface area contributed by atoms with Gasteiger partial charge in [0.1, 0.15) is 11.5 Å². The Kier molecular flexibility index (Phi) is 10.2. The molecule has 0 fully saturated rings. The Morgan fingerprint density at radius 2 is 1.59 bits per heavy atom. The molecule has 0 heterocycles. The first kappa shape index (κ1) is 20.4. The SMILES string of the molecule is CCC.CCc1cc(Oc2ccccc2)ccc1C(=O)O.[W]. The summed E-state index contributed by atoms with van der Waals surface area (Å²) < 4.78 is 5.66. The number of para-hydroxylation sites is 1. The average molecular weight is 470 g/mol. The minimum absolute atomic E-state index is 0. The van der Waals surface area contributed by atoms with Gasteiger partial charge in [-0.3, -0.25) is 0 Å². The smallest absolute Gasteiger partial charge is 0.335 e. The van der Waals surface area contributed by atoms with Crippen molar-refractivity contribution in [2.45, 2.75) is 33.6 Å². The van der Waals surface area contributed by atoms with Crippen LogP contribution < -0.4 is 4.74 Å². The van der Waals surface area contributed by atoms with E-state index in [0.29, 0.717) is 17.7 Å². The Morgan fingerprint density at radius 1 is 1.00 bits per heavy atom. The Bertz CT molecular complexity index is 568. The molecular weight excluding hydrogens is 448 g/mol. The van der Waals surface area contributed by atoms with Crippen LogP contribution >= 0.6 is 0 Å². The number of aryl methyl sites for hydroxylation is 1. The van der Waals surface area contributed by atoms with E-state index in [9.17, 15) is 4.79 Å². The molecule has 0 aliphatic heterocycles. The molecule has 22 heavy (non-hydrogen) atoms. The van der Waals surface area contributed by atoms with E-state index in [1.807, 2.05) is 37.3 Å². The zero-order valence-electron chi connectivity index (χ0n) is 13.2. The van der Waals surface area contributed by atoms with Gasteiger partial charge in [0, 0.05) is 21.1 Å². The van der Waals surface area contributed by atoms with E-state index in [1.54, 1.807) is 18.2 Å². The van der Waals surface area contributed by atoms with Crippen molar-refractivity contribution < 1.29 is 35.7 Å². The van der Waals surface area contributed by atoms with Crippen molar-refractivity contribution in [1.29, 1.82) is 0 Å². The molecule has 0 saturated heterocycles. The fourth-order valence-electron chi connectivity index (χ4n) is 1.76. The predicted molar refractivity (Wildman–Crippen MR) is 85.3 cm³/mol. The summed E-state index contributed by atoms with van der Waals surface area (Å²) >= 11 is 0. The molecule has 0 aromatic heterocycles. The largest absolute Gasteiger partial charge is 0.478 e. The third kappa shape index (κ3) is 6.44. The summed E-state index contributed by atoms with van der Waals surface area (Å²) in [5, 5.41) is 9.04. The number of rotatable bonds is 4. The van der Waals surface area contributed by atoms with E-state index < -0.39 is 5.97 Å². The maximum Gasteiger partial charge on any atom is 0.335 e. The molecule has 2 aromatic rings. The van der Waals surface area contributed by atoms with Gasteiger partial charge in [-0.15, -0.1) is 0 Å². The molecule has 0 radical (unpaired) electrons. The summed E-state index contributed by atoms with van der Waals surface area (Å²) in [6.07, 6.45) is 1.91. The number of carboxylic acids is 1. The first-order valence-corrected chi connectivity index (χ1v) is 7.21. The van der Waals surface area contributed by atoms with E-state index in [0.717, 1.165) is 11.3 Å². The van der Waals surface area contributed by atoms with Gasteiger partial charge in [-0.05, 0) is 42.3 Å². The Hall–Kier alpha value is -1.60. The van der Waals surface area contributed by atoms with E-state index in [-0.39, 0.29) is 21.1 Å². The molecular formula is C18H22O3W. The molecule has 0 unspecified atom stereocenters. The van der Waals surface area contributed by atoms with Gasteiger partial charge in [0.05, 0.1) is 5.56 Å². The minimum Gasteiger partial charge on any atom is -0.478 e. The normalized spacial score (nSPS) is 9.05. The van der Waals surface area contributed by atoms with Crippen LogP contribution in [0.2, 0.25) is 0 Å². The summed E-state index contributed by atoms with van der Waals surface area (Å²) in [5.74, 6) is 0.490. The number of carboxylic acid groups (broad SMARTS) is 1. The van der Waals surface area contributed by atoms with Gasteiger partial charge in [-0.2, -0.15) is 0 Å². The van der Waals surface area contributed by atoms with Crippen molar-refractivity contribution in [2.75, 3.05) is 0 Å². The van der Waals surface area contributed by atoms with Crippen LogP contribution in [0.4, 0.5) is 0 Å². The van der Waals surface area contributed by atoms with Crippen LogP contribution in [0.1, 0.15) is 43.1 Å². The fourth-order valence-corrected chi connectivity index (χ4v) is 1.76. The molecule has 0 aliphatic carbocycles. The van der Waals surface area contributed by atoms with Gasteiger partial charge in [-0.1, -0.05) is 45.4 Å². The van der Waals surface area contributed by atoms with Crippen LogP contribution in [0.3, 0.4) is 0 Å². The van der Waals surface area contributed by atoms with E-state index in [1.165, 1.54) is 6.42 Å². The molecule has 2 aromatic carbocycles. The van der Waals surface area contributed by atoms with Crippen molar-refractivity contribution in [3.8, 4) is 11.5 Å². The van der Waals surface area contributed by atoms with Gasteiger partial charge in [0.25, 0.3) is 0 Å². The summed E-state index contributed by atoms with van der Waals surface area (Å²) in [4.78, 5) is 11.0. The van der Waals surface area contributed by atoms with Crippen LogP contribution in [-0.4, -0.2) is 11.1 Å². The Balaban J connectivity index is 0.00000102. The van der Waals surface area contributed by atoms with Crippen molar-refractivity contribution in [2.24, 2.45) is 0 Å². The van der Waals surface area contributed by atoms with Crippen LogP contribution in [0.5, 0.6) is 11.5 Å². The second kappa shape index (κ2) is 11.0. The van der Waals surface area contributed by atoms with E-state index >= 15 is 0 Å². The van der Waals surface area contributed by atoms with Crippen LogP contribution in [0.15, 0.2) is 48.5 Å². The molecule has 1 N–H and O–H groups in total. The van der Waals surface area contributed by atoms with Gasteiger partial charge in [0.2, 0.25) is 0 Å². The average Bonchev–Trinajstić information content (AvgIpc) is 2.48. The van der Waals surface area contributed by atoms with Gasteiger partial charge >= 0.3 is 5.97 Å². The number of benzene rings is 2. The first-order chi connectivity index (χ1) is 10.1. The molecule has 0 amide bonds. The maximum atomic E-state index is 11.0. The van der Waals surface area contributed by atoms with Crippen LogP contribution in [-0.2, 0) is 27.5 Å². The molecule has 0 aliphatic rings. The third-order valence-electron chi connectivity index (χ3n) is 2.67. The minimum atomic E-state index is -0.905. The van der Waals surface area contributed by atoms with Crippen LogP contribution in [0.25, 0.3) is 0 Å². The van der Waals surface area contributed by atoms with Gasteiger partial charge in [0.15, 0.2) is 0 Å². The number of aromatic carboxylic acids is 1. The number of carbonyl (C=O) groups is 1. The second-order valence-electron chi connectivity index (χ2n) is 4.60. The third-order valence-corrected chi connectivity index (χ3v) is 2.67. The molecule has 0 saturated carbocycles. The monoisotopic (exact) mass is 470 g/mol. The molecule has 0 atom stereocenters. The summed E-state index contributed by atoms with van der Waals surface area (Å²) in [6, 6.07) is 14.4. The van der Waals surface area contributed by atoms with Crippen molar-refractivity contribution in [3.63, 3.8) is 0 Å². The zero-order chi connectivity index (χ0) is 15.7. The first-order valence-electron chi connectivity index (χ1n) is 7.21. The van der Waals surface area contributed by atoms with E-state index in [2.05, 4.69) is 13.8 Å². The summed E-state index contributed by atoms with van der Waals surface area (Å²) in [6.45, 7) is 6.17. The summed E-state index contributed by atoms with van der Waals surface area (Å²) in [5.41, 5.74) is 1.11. The molecule has 0 spiro atoms. The molecule has 118 valence electrons. The number of hydrogen-bond donors (Lipinski definition) is 1. The second-order valence-corrected chi connectivity index (χ2v) is 4.60. The summed E-state index contributed by atoms with van der Waals surface area (Å²) in [7, 11) is 0. The maximum absolute atomic E-state index is 11.0. The quantitative estimate of drug-likeness (QED) is 0.673. The van der Waals surface area contributed by atoms with Gasteiger partial charge in [-0.25, -0.2) is 4.79 Å². The van der Waals surface area contributed by atoms with Crippen molar-refractivity contribution >= 4 is 5.97 Å². The topological polar surface area (TPSA) is 46.5 Å². The molecule has 4 heteroatoms. The Morgan fingerprint density at radius 3 is 2.09 bits per heavy atom. The molecule has 2 rings (SSSR count). The van der Waals surface area contributed by atoms with Crippen molar-refractivity contribution in [1.82, 2.24) is 0 Å². The zero-order valence-corrected chi connectivity index (χ0v) is 16.1.